The summed E-state index contributed by atoms with van der Waals surface area (Å²) in [6.45, 7) is 1.85. The number of aliphatic hydroxyl groups excluding tert-OH is 1. The maximum atomic E-state index is 13.4. The molecule has 1 aromatic carbocycles. The van der Waals surface area contributed by atoms with E-state index in [4.69, 9.17) is 10.4 Å². The van der Waals surface area contributed by atoms with Crippen molar-refractivity contribution in [1.82, 2.24) is 0 Å². The van der Waals surface area contributed by atoms with Crippen molar-refractivity contribution in [2.75, 3.05) is 11.9 Å². The van der Waals surface area contributed by atoms with Crippen LogP contribution in [0, 0.1) is 17.1 Å². The first-order valence-corrected chi connectivity index (χ1v) is 4.78. The van der Waals surface area contributed by atoms with E-state index in [1.165, 1.54) is 18.2 Å². The van der Waals surface area contributed by atoms with E-state index >= 15 is 0 Å². The Kier molecular flexibility index (Phi) is 4.07. The molecule has 4 heteroatoms. The monoisotopic (exact) mass is 208 g/mol. The summed E-state index contributed by atoms with van der Waals surface area (Å²) < 4.78 is 13.4. The van der Waals surface area contributed by atoms with Crippen LogP contribution in [0.2, 0.25) is 0 Å². The fourth-order valence-electron chi connectivity index (χ4n) is 1.20. The van der Waals surface area contributed by atoms with E-state index in [1.807, 2.05) is 13.0 Å². The lowest BCUT2D eigenvalue weighted by atomic mass is 10.2. The zero-order valence-electron chi connectivity index (χ0n) is 8.50. The molecule has 0 aliphatic heterocycles. The summed E-state index contributed by atoms with van der Waals surface area (Å²) >= 11 is 0. The van der Waals surface area contributed by atoms with Gasteiger partial charge in [-0.05, 0) is 24.6 Å². The number of rotatable bonds is 4. The van der Waals surface area contributed by atoms with Crippen LogP contribution in [0.3, 0.4) is 0 Å². The molecule has 0 saturated heterocycles. The van der Waals surface area contributed by atoms with Crippen LogP contribution < -0.4 is 5.32 Å². The van der Waals surface area contributed by atoms with Crippen molar-refractivity contribution in [3.63, 3.8) is 0 Å². The van der Waals surface area contributed by atoms with Crippen molar-refractivity contribution in [2.45, 2.75) is 19.4 Å². The molecule has 0 aliphatic rings. The number of hydrogen-bond acceptors (Lipinski definition) is 3. The Morgan fingerprint density at radius 1 is 1.60 bits per heavy atom. The summed E-state index contributed by atoms with van der Waals surface area (Å²) in [7, 11) is 0. The third-order valence-electron chi connectivity index (χ3n) is 2.17. The molecule has 1 rings (SSSR count). The van der Waals surface area contributed by atoms with Gasteiger partial charge in [0.15, 0.2) is 0 Å². The Bertz CT molecular complexity index is 369. The van der Waals surface area contributed by atoms with Crippen LogP contribution >= 0.6 is 0 Å². The molecule has 0 unspecified atom stereocenters. The van der Waals surface area contributed by atoms with Crippen molar-refractivity contribution >= 4 is 5.69 Å². The molecule has 0 amide bonds. The van der Waals surface area contributed by atoms with Gasteiger partial charge in [0.25, 0.3) is 0 Å². The molecule has 3 nitrogen and oxygen atoms in total. The minimum Gasteiger partial charge on any atom is -0.394 e. The number of nitrogens with one attached hydrogen (secondary N) is 1. The zero-order chi connectivity index (χ0) is 11.3. The number of benzene rings is 1. The van der Waals surface area contributed by atoms with Crippen LogP contribution in [-0.2, 0) is 0 Å². The van der Waals surface area contributed by atoms with Crippen molar-refractivity contribution in [2.24, 2.45) is 0 Å². The summed E-state index contributed by atoms with van der Waals surface area (Å²) in [6, 6.07) is 5.92. The highest BCUT2D eigenvalue weighted by Crippen LogP contribution is 2.16. The average molecular weight is 208 g/mol. The van der Waals surface area contributed by atoms with Crippen molar-refractivity contribution in [3.8, 4) is 6.07 Å². The molecule has 15 heavy (non-hydrogen) atoms. The fraction of sp³-hybridized carbons (Fsp3) is 0.364. The Morgan fingerprint density at radius 3 is 2.80 bits per heavy atom. The Morgan fingerprint density at radius 2 is 2.33 bits per heavy atom. The molecule has 0 radical (unpaired) electrons. The van der Waals surface area contributed by atoms with Crippen LogP contribution in [-0.4, -0.2) is 17.8 Å². The second-order valence-corrected chi connectivity index (χ2v) is 3.24. The quantitative estimate of drug-likeness (QED) is 0.794. The first-order valence-electron chi connectivity index (χ1n) is 4.78. The number of nitriles is 1. The smallest absolute Gasteiger partial charge is 0.147 e. The van der Waals surface area contributed by atoms with Crippen LogP contribution in [0.1, 0.15) is 18.9 Å². The van der Waals surface area contributed by atoms with Crippen LogP contribution in [0.4, 0.5) is 10.1 Å². The van der Waals surface area contributed by atoms with Gasteiger partial charge in [-0.15, -0.1) is 0 Å². The molecule has 2 N–H and O–H groups in total. The molecule has 1 atom stereocenters. The predicted molar refractivity (Wildman–Crippen MR) is 55.9 cm³/mol. The first kappa shape index (κ1) is 11.5. The second kappa shape index (κ2) is 5.32. The van der Waals surface area contributed by atoms with E-state index in [2.05, 4.69) is 5.32 Å². The van der Waals surface area contributed by atoms with Gasteiger partial charge in [-0.2, -0.15) is 5.26 Å². The summed E-state index contributed by atoms with van der Waals surface area (Å²) in [5.74, 6) is -0.471. The maximum absolute atomic E-state index is 13.4. The van der Waals surface area contributed by atoms with Gasteiger partial charge in [0, 0.05) is 6.04 Å². The number of halogens is 1. The van der Waals surface area contributed by atoms with E-state index in [9.17, 15) is 4.39 Å². The SMILES string of the molecule is CC[C@@H](CO)Nc1ccc(C#N)cc1F. The molecule has 0 spiro atoms. The predicted octanol–water partition coefficient (Wildman–Crippen LogP) is 1.88. The number of aliphatic hydroxyl groups is 1. The molecular formula is C11H13FN2O. The largest absolute Gasteiger partial charge is 0.394 e. The zero-order valence-corrected chi connectivity index (χ0v) is 8.50. The summed E-state index contributed by atoms with van der Waals surface area (Å²) in [5, 5.41) is 20.4. The number of anilines is 1. The van der Waals surface area contributed by atoms with Crippen molar-refractivity contribution in [1.29, 1.82) is 5.26 Å². The van der Waals surface area contributed by atoms with Gasteiger partial charge >= 0.3 is 0 Å². The summed E-state index contributed by atoms with van der Waals surface area (Å²) in [5.41, 5.74) is 0.602. The van der Waals surface area contributed by atoms with Crippen LogP contribution in [0.15, 0.2) is 18.2 Å². The van der Waals surface area contributed by atoms with E-state index < -0.39 is 5.82 Å². The Labute approximate surface area is 88.2 Å². The number of hydrogen-bond donors (Lipinski definition) is 2. The van der Waals surface area contributed by atoms with Gasteiger partial charge in [0.05, 0.1) is 23.9 Å². The lowest BCUT2D eigenvalue weighted by Crippen LogP contribution is -2.23. The van der Waals surface area contributed by atoms with Crippen LogP contribution in [0.25, 0.3) is 0 Å². The van der Waals surface area contributed by atoms with E-state index in [-0.39, 0.29) is 18.2 Å². The summed E-state index contributed by atoms with van der Waals surface area (Å²) in [4.78, 5) is 0. The van der Waals surface area contributed by atoms with Gasteiger partial charge in [0.1, 0.15) is 5.82 Å². The third-order valence-corrected chi connectivity index (χ3v) is 2.17. The Balaban J connectivity index is 2.83. The minimum atomic E-state index is -0.471. The highest BCUT2D eigenvalue weighted by molar-refractivity contribution is 5.49. The second-order valence-electron chi connectivity index (χ2n) is 3.24. The molecule has 0 fully saturated rings. The molecular weight excluding hydrogens is 195 g/mol. The standard InChI is InChI=1S/C11H13FN2O/c1-2-9(7-15)14-11-4-3-8(6-13)5-10(11)12/h3-5,9,14-15H,2,7H2,1H3/t9-/m0/s1. The normalized spacial score (nSPS) is 11.9. The molecule has 0 saturated carbocycles. The highest BCUT2D eigenvalue weighted by Gasteiger charge is 2.08. The van der Waals surface area contributed by atoms with E-state index in [0.29, 0.717) is 12.1 Å². The minimum absolute atomic E-state index is 0.0457. The topological polar surface area (TPSA) is 56.0 Å². The highest BCUT2D eigenvalue weighted by atomic mass is 19.1. The average Bonchev–Trinajstić information content (AvgIpc) is 2.27. The maximum Gasteiger partial charge on any atom is 0.147 e. The third kappa shape index (κ3) is 2.93. The van der Waals surface area contributed by atoms with Gasteiger partial charge in [-0.25, -0.2) is 4.39 Å². The molecule has 0 heterocycles. The Hall–Kier alpha value is -1.60. The molecule has 80 valence electrons. The van der Waals surface area contributed by atoms with Gasteiger partial charge < -0.3 is 10.4 Å². The van der Waals surface area contributed by atoms with Gasteiger partial charge in [0.2, 0.25) is 0 Å². The van der Waals surface area contributed by atoms with Crippen molar-refractivity contribution in [3.05, 3.63) is 29.6 Å². The van der Waals surface area contributed by atoms with Gasteiger partial charge in [-0.1, -0.05) is 6.92 Å². The van der Waals surface area contributed by atoms with Gasteiger partial charge in [-0.3, -0.25) is 0 Å². The molecule has 0 aromatic heterocycles. The lowest BCUT2D eigenvalue weighted by Gasteiger charge is -2.15. The number of nitrogens with zero attached hydrogens (tertiary/aromatic N) is 1. The molecule has 0 bridgehead atoms. The van der Waals surface area contributed by atoms with E-state index in [1.54, 1.807) is 0 Å². The fourth-order valence-corrected chi connectivity index (χ4v) is 1.20. The molecule has 1 aromatic rings. The van der Waals surface area contributed by atoms with Crippen molar-refractivity contribution < 1.29 is 9.50 Å². The first-order chi connectivity index (χ1) is 7.21. The molecule has 0 aliphatic carbocycles. The van der Waals surface area contributed by atoms with Crippen LogP contribution in [0.5, 0.6) is 0 Å². The summed E-state index contributed by atoms with van der Waals surface area (Å²) in [6.07, 6.45) is 0.704. The lowest BCUT2D eigenvalue weighted by molar-refractivity contribution is 0.271. The van der Waals surface area contributed by atoms with E-state index in [0.717, 1.165) is 0 Å².